The molecule has 1 aromatic heterocycles. The number of fused-ring (bicyclic) bond motifs is 1. The maximum atomic E-state index is 12.7. The molecule has 0 radical (unpaired) electrons. The summed E-state index contributed by atoms with van der Waals surface area (Å²) in [4.78, 5) is 3.01. The van der Waals surface area contributed by atoms with Crippen LogP contribution in [0.2, 0.25) is 0 Å². The first-order valence-electron chi connectivity index (χ1n) is 4.73. The zero-order valence-electron chi connectivity index (χ0n) is 8.33. The minimum absolute atomic E-state index is 0.0701. The molecule has 0 fully saturated rings. The molecular formula is C11H12FNO2. The summed E-state index contributed by atoms with van der Waals surface area (Å²) in [6.07, 6.45) is -1.34. The second kappa shape index (κ2) is 3.90. The third kappa shape index (κ3) is 1.94. The molecule has 1 unspecified atom stereocenters. The summed E-state index contributed by atoms with van der Waals surface area (Å²) >= 11 is 0. The van der Waals surface area contributed by atoms with E-state index in [4.69, 9.17) is 9.84 Å². The number of nitrogens with one attached hydrogen (secondary N) is 1. The number of ether oxygens (including phenoxy) is 1. The molecule has 0 aliphatic heterocycles. The van der Waals surface area contributed by atoms with Crippen molar-refractivity contribution in [1.82, 2.24) is 4.98 Å². The molecule has 1 heterocycles. The second-order valence-corrected chi connectivity index (χ2v) is 3.33. The molecular weight excluding hydrogens is 197 g/mol. The monoisotopic (exact) mass is 209 g/mol. The quantitative estimate of drug-likeness (QED) is 0.815. The number of aliphatic hydroxyl groups is 1. The van der Waals surface area contributed by atoms with Crippen molar-refractivity contribution in [3.63, 3.8) is 0 Å². The van der Waals surface area contributed by atoms with Crippen LogP contribution < -0.4 is 4.74 Å². The van der Waals surface area contributed by atoms with Crippen molar-refractivity contribution in [3.8, 4) is 5.75 Å². The molecule has 0 saturated heterocycles. The molecule has 1 atom stereocenters. The van der Waals surface area contributed by atoms with Gasteiger partial charge in [0.25, 0.3) is 0 Å². The van der Waals surface area contributed by atoms with Gasteiger partial charge in [-0.05, 0) is 18.2 Å². The van der Waals surface area contributed by atoms with Crippen molar-refractivity contribution >= 4 is 10.9 Å². The summed E-state index contributed by atoms with van der Waals surface area (Å²) in [7, 11) is 0. The number of hydrogen-bond acceptors (Lipinski definition) is 2. The smallest absolute Gasteiger partial charge is 0.235 e. The molecule has 0 saturated carbocycles. The Morgan fingerprint density at radius 1 is 1.53 bits per heavy atom. The van der Waals surface area contributed by atoms with E-state index in [9.17, 15) is 4.39 Å². The van der Waals surface area contributed by atoms with Crippen LogP contribution in [-0.4, -0.2) is 16.4 Å². The molecule has 0 aliphatic carbocycles. The minimum atomic E-state index is -1.34. The fourth-order valence-corrected chi connectivity index (χ4v) is 1.55. The van der Waals surface area contributed by atoms with Gasteiger partial charge in [-0.1, -0.05) is 6.07 Å². The largest absolute Gasteiger partial charge is 0.460 e. The number of hydrogen-bond donors (Lipinski definition) is 2. The standard InChI is InChI=1S/C11H12FNO2/c1-7(12)15-11-4-2-3-10-9(11)5-8(6-14)13-10/h2-5,7,13-14H,6H2,1H3. The fraction of sp³-hybridized carbons (Fsp3) is 0.273. The fourth-order valence-electron chi connectivity index (χ4n) is 1.55. The predicted molar refractivity (Wildman–Crippen MR) is 55.4 cm³/mol. The lowest BCUT2D eigenvalue weighted by molar-refractivity contribution is 0.0877. The highest BCUT2D eigenvalue weighted by molar-refractivity contribution is 5.86. The van der Waals surface area contributed by atoms with Gasteiger partial charge in [-0.15, -0.1) is 0 Å². The van der Waals surface area contributed by atoms with Crippen LogP contribution in [0.5, 0.6) is 5.75 Å². The van der Waals surface area contributed by atoms with Gasteiger partial charge in [-0.3, -0.25) is 0 Å². The Hall–Kier alpha value is -1.55. The molecule has 2 aromatic rings. The Labute approximate surface area is 86.5 Å². The molecule has 80 valence electrons. The number of alkyl halides is 1. The van der Waals surface area contributed by atoms with Crippen LogP contribution in [-0.2, 0) is 6.61 Å². The van der Waals surface area contributed by atoms with Crippen LogP contribution in [0.15, 0.2) is 24.3 Å². The van der Waals surface area contributed by atoms with Gasteiger partial charge >= 0.3 is 0 Å². The van der Waals surface area contributed by atoms with Crippen molar-refractivity contribution in [2.45, 2.75) is 19.9 Å². The van der Waals surface area contributed by atoms with Gasteiger partial charge in [0.1, 0.15) is 5.75 Å². The number of aromatic amines is 1. The molecule has 0 aliphatic rings. The molecule has 15 heavy (non-hydrogen) atoms. The molecule has 4 heteroatoms. The number of benzene rings is 1. The number of H-pyrrole nitrogens is 1. The van der Waals surface area contributed by atoms with Gasteiger partial charge < -0.3 is 14.8 Å². The van der Waals surface area contributed by atoms with Crippen LogP contribution in [0.25, 0.3) is 10.9 Å². The lowest BCUT2D eigenvalue weighted by atomic mass is 10.2. The average molecular weight is 209 g/mol. The third-order valence-electron chi connectivity index (χ3n) is 2.14. The number of halogens is 1. The van der Waals surface area contributed by atoms with E-state index in [-0.39, 0.29) is 6.61 Å². The summed E-state index contributed by atoms with van der Waals surface area (Å²) in [6, 6.07) is 7.09. The second-order valence-electron chi connectivity index (χ2n) is 3.33. The van der Waals surface area contributed by atoms with Crippen LogP contribution in [0, 0.1) is 0 Å². The van der Waals surface area contributed by atoms with Crippen LogP contribution >= 0.6 is 0 Å². The van der Waals surface area contributed by atoms with Gasteiger partial charge in [0.05, 0.1) is 6.61 Å². The Kier molecular flexibility index (Phi) is 2.60. The van der Waals surface area contributed by atoms with Gasteiger partial charge in [-0.2, -0.15) is 0 Å². The molecule has 2 N–H and O–H groups in total. The van der Waals surface area contributed by atoms with Gasteiger partial charge in [0, 0.05) is 23.5 Å². The normalized spacial score (nSPS) is 13.0. The first-order chi connectivity index (χ1) is 7.20. The van der Waals surface area contributed by atoms with E-state index in [1.165, 1.54) is 6.92 Å². The Balaban J connectivity index is 2.49. The lowest BCUT2D eigenvalue weighted by Gasteiger charge is -2.07. The summed E-state index contributed by atoms with van der Waals surface area (Å²) in [5.41, 5.74) is 1.52. The predicted octanol–water partition coefficient (Wildman–Crippen LogP) is 2.35. The van der Waals surface area contributed by atoms with E-state index in [1.54, 1.807) is 18.2 Å². The zero-order valence-corrected chi connectivity index (χ0v) is 8.33. The van der Waals surface area contributed by atoms with Crippen molar-refractivity contribution in [1.29, 1.82) is 0 Å². The molecule has 0 spiro atoms. The van der Waals surface area contributed by atoms with E-state index in [0.717, 1.165) is 10.9 Å². The van der Waals surface area contributed by atoms with E-state index in [1.807, 2.05) is 6.07 Å². The maximum Gasteiger partial charge on any atom is 0.235 e. The zero-order chi connectivity index (χ0) is 10.8. The molecule has 0 amide bonds. The highest BCUT2D eigenvalue weighted by Crippen LogP contribution is 2.27. The van der Waals surface area contributed by atoms with E-state index < -0.39 is 6.36 Å². The Morgan fingerprint density at radius 3 is 3.00 bits per heavy atom. The summed E-state index contributed by atoms with van der Waals surface area (Å²) in [6.45, 7) is 1.26. The lowest BCUT2D eigenvalue weighted by Crippen LogP contribution is -2.03. The maximum absolute atomic E-state index is 12.7. The number of aromatic nitrogens is 1. The topological polar surface area (TPSA) is 45.2 Å². The third-order valence-corrected chi connectivity index (χ3v) is 2.14. The van der Waals surface area contributed by atoms with Crippen LogP contribution in [0.1, 0.15) is 12.6 Å². The molecule has 1 aromatic carbocycles. The highest BCUT2D eigenvalue weighted by atomic mass is 19.1. The van der Waals surface area contributed by atoms with Gasteiger partial charge in [0.2, 0.25) is 6.36 Å². The van der Waals surface area contributed by atoms with Crippen molar-refractivity contribution in [3.05, 3.63) is 30.0 Å². The summed E-state index contributed by atoms with van der Waals surface area (Å²) in [5.74, 6) is 0.485. The van der Waals surface area contributed by atoms with Crippen LogP contribution in [0.4, 0.5) is 4.39 Å². The first-order valence-corrected chi connectivity index (χ1v) is 4.73. The Morgan fingerprint density at radius 2 is 2.33 bits per heavy atom. The average Bonchev–Trinajstić information content (AvgIpc) is 2.61. The first kappa shape index (κ1) is 9.98. The van der Waals surface area contributed by atoms with Gasteiger partial charge in [0.15, 0.2) is 0 Å². The van der Waals surface area contributed by atoms with Crippen molar-refractivity contribution in [2.24, 2.45) is 0 Å². The molecule has 2 rings (SSSR count). The van der Waals surface area contributed by atoms with Crippen molar-refractivity contribution in [2.75, 3.05) is 0 Å². The van der Waals surface area contributed by atoms with Crippen LogP contribution in [0.3, 0.4) is 0 Å². The van der Waals surface area contributed by atoms with Crippen molar-refractivity contribution < 1.29 is 14.2 Å². The Bertz CT molecular complexity index is 465. The number of rotatable bonds is 3. The number of aliphatic hydroxyl groups excluding tert-OH is 1. The minimum Gasteiger partial charge on any atom is -0.460 e. The molecule has 3 nitrogen and oxygen atoms in total. The van der Waals surface area contributed by atoms with E-state index >= 15 is 0 Å². The van der Waals surface area contributed by atoms with E-state index in [2.05, 4.69) is 4.98 Å². The SMILES string of the molecule is CC(F)Oc1cccc2[nH]c(CO)cc12. The molecule has 0 bridgehead atoms. The van der Waals surface area contributed by atoms with Gasteiger partial charge in [-0.25, -0.2) is 4.39 Å². The summed E-state index contributed by atoms with van der Waals surface area (Å²) in [5, 5.41) is 9.75. The van der Waals surface area contributed by atoms with E-state index in [0.29, 0.717) is 11.4 Å². The highest BCUT2D eigenvalue weighted by Gasteiger charge is 2.08. The summed E-state index contributed by atoms with van der Waals surface area (Å²) < 4.78 is 17.7.